The van der Waals surface area contributed by atoms with Gasteiger partial charge in [-0.05, 0) is 0 Å². The van der Waals surface area contributed by atoms with Gasteiger partial charge in [0.05, 0.1) is 0 Å². The minimum absolute atomic E-state index is 1.44. The van der Waals surface area contributed by atoms with Crippen molar-refractivity contribution in [2.75, 3.05) is 7.05 Å². The third-order valence-corrected chi connectivity index (χ3v) is 0.346. The summed E-state index contributed by atoms with van der Waals surface area (Å²) in [5.41, 5.74) is 0. The molecule has 0 rings (SSSR count). The van der Waals surface area contributed by atoms with Crippen molar-refractivity contribution in [2.45, 2.75) is 0 Å². The third-order valence-electron chi connectivity index (χ3n) is 0.346. The fourth-order valence-electron chi connectivity index (χ4n) is 0.136. The van der Waals surface area contributed by atoms with Crippen LogP contribution < -0.4 is 0 Å². The summed E-state index contributed by atoms with van der Waals surface area (Å²) in [6, 6.07) is 0. The molecule has 0 bridgehead atoms. The van der Waals surface area contributed by atoms with Gasteiger partial charge in [-0.15, -0.1) is 0 Å². The second kappa shape index (κ2) is 5.06. The van der Waals surface area contributed by atoms with Crippen LogP contribution in [0.4, 0.5) is 0 Å². The van der Waals surface area contributed by atoms with Gasteiger partial charge in [0.2, 0.25) is 0 Å². The summed E-state index contributed by atoms with van der Waals surface area (Å²) in [6.45, 7) is 4.73. The topological polar surface area (TPSA) is 12.4 Å². The summed E-state index contributed by atoms with van der Waals surface area (Å²) in [5.74, 6) is 0. The van der Waals surface area contributed by atoms with Gasteiger partial charge in [-0.1, -0.05) is 0 Å². The molecule has 0 aromatic carbocycles. The van der Waals surface area contributed by atoms with E-state index in [-0.39, 0.29) is 0 Å². The Kier molecular flexibility index (Phi) is 5.11. The molecule has 0 N–H and O–H groups in total. The maximum atomic E-state index is 4.94. The van der Waals surface area contributed by atoms with Crippen molar-refractivity contribution >= 4 is 28.1 Å². The fraction of sp³-hybridized carbons (Fsp3) is 1.00. The molecule has 2 radical (unpaired) electrons. The number of rotatable bonds is 1. The Morgan fingerprint density at radius 3 is 2.50 bits per heavy atom. The molecule has 0 aliphatic carbocycles. The van der Waals surface area contributed by atoms with Crippen LogP contribution in [0.15, 0.2) is 4.90 Å². The zero-order chi connectivity index (χ0) is 4.83. The van der Waals surface area contributed by atoms with Crippen molar-refractivity contribution in [1.29, 1.82) is 0 Å². The molecule has 0 atom stereocenters. The number of hydrogen-bond donors (Lipinski definition) is 0. The van der Waals surface area contributed by atoms with Gasteiger partial charge in [-0.3, -0.25) is 0 Å². The Balaban J connectivity index is 3.07. The zero-order valence-electron chi connectivity index (χ0n) is 3.76. The van der Waals surface area contributed by atoms with Crippen LogP contribution in [0, 0.1) is 0 Å². The van der Waals surface area contributed by atoms with Crippen molar-refractivity contribution in [1.82, 2.24) is 0 Å². The van der Waals surface area contributed by atoms with Gasteiger partial charge in [0.15, 0.2) is 0 Å². The van der Waals surface area contributed by atoms with E-state index in [0.717, 1.165) is 0 Å². The van der Waals surface area contributed by atoms with Crippen molar-refractivity contribution in [3.05, 3.63) is 0 Å². The molecule has 0 spiro atoms. The van der Waals surface area contributed by atoms with Gasteiger partial charge in [0.1, 0.15) is 0 Å². The standard InChI is InChI=1S/CH3B4N/c1-6-5-4-3-2/h1H3. The first-order valence-corrected chi connectivity index (χ1v) is 1.71. The monoisotopic (exact) mass is 73.1 g/mol. The molecule has 0 aliphatic rings. The van der Waals surface area contributed by atoms with Crippen LogP contribution >= 0.6 is 0 Å². The molecule has 0 unspecified atom stereocenters. The molecule has 1 nitrogen and oxygen atoms in total. The first kappa shape index (κ1) is 6.06. The molecule has 6 heavy (non-hydrogen) atoms. The van der Waals surface area contributed by atoms with Crippen LogP contribution in [0.2, 0.25) is 0 Å². The van der Waals surface area contributed by atoms with Crippen molar-refractivity contribution in [3.63, 3.8) is 0 Å². The zero-order valence-corrected chi connectivity index (χ0v) is 3.76. The van der Waals surface area contributed by atoms with Crippen LogP contribution in [0.25, 0.3) is 0 Å². The van der Waals surface area contributed by atoms with Gasteiger partial charge < -0.3 is 0 Å². The second-order valence-electron chi connectivity index (χ2n) is 0.792. The summed E-state index contributed by atoms with van der Waals surface area (Å²) in [5, 5.41) is 0. The first-order valence-electron chi connectivity index (χ1n) is 1.71. The summed E-state index contributed by atoms with van der Waals surface area (Å²) in [6.07, 6.45) is 0. The summed E-state index contributed by atoms with van der Waals surface area (Å²) in [7, 11) is 6.64. The van der Waals surface area contributed by atoms with E-state index in [1.807, 2.05) is 0 Å². The van der Waals surface area contributed by atoms with E-state index in [0.29, 0.717) is 0 Å². The molecule has 0 saturated carbocycles. The maximum absolute atomic E-state index is 4.94. The molecule has 0 aromatic heterocycles. The Morgan fingerprint density at radius 1 is 1.67 bits per heavy atom. The van der Waals surface area contributed by atoms with Crippen molar-refractivity contribution < 1.29 is 0 Å². The SMILES string of the molecule is [B]B=BB=NC. The van der Waals surface area contributed by atoms with Gasteiger partial charge in [-0.2, -0.15) is 0 Å². The number of nitrogens with zero attached hydrogens (tertiary/aromatic N) is 1. The molecule has 0 heterocycles. The van der Waals surface area contributed by atoms with E-state index in [1.165, 1.54) is 6.69 Å². The summed E-state index contributed by atoms with van der Waals surface area (Å²) in [4.78, 5) is 3.63. The van der Waals surface area contributed by atoms with E-state index in [2.05, 4.69) is 4.90 Å². The molecule has 0 aromatic rings. The fourth-order valence-corrected chi connectivity index (χ4v) is 0.136. The van der Waals surface area contributed by atoms with Crippen molar-refractivity contribution in [3.8, 4) is 0 Å². The van der Waals surface area contributed by atoms with E-state index in [4.69, 9.17) is 7.74 Å². The molecule has 24 valence electrons. The molecule has 5 heteroatoms. The second-order valence-corrected chi connectivity index (χ2v) is 0.792. The Morgan fingerprint density at radius 2 is 2.33 bits per heavy atom. The molecule has 0 aliphatic heterocycles. The van der Waals surface area contributed by atoms with Crippen molar-refractivity contribution in [2.24, 2.45) is 4.90 Å². The Labute approximate surface area is 41.0 Å². The molecular weight excluding hydrogens is 69.3 g/mol. The molecule has 0 amide bonds. The van der Waals surface area contributed by atoms with Gasteiger partial charge in [0, 0.05) is 0 Å². The molecule has 0 saturated heterocycles. The average molecular weight is 72.3 g/mol. The predicted molar refractivity (Wildman–Crippen MR) is 31.4 cm³/mol. The molecule has 0 fully saturated rings. The van der Waals surface area contributed by atoms with Crippen LogP contribution in [-0.4, -0.2) is 35.1 Å². The van der Waals surface area contributed by atoms with E-state index >= 15 is 0 Å². The summed E-state index contributed by atoms with van der Waals surface area (Å²) >= 11 is 0. The van der Waals surface area contributed by atoms with Crippen LogP contribution in [0.3, 0.4) is 0 Å². The third kappa shape index (κ3) is 4.06. The van der Waals surface area contributed by atoms with E-state index < -0.39 is 0 Å². The first-order chi connectivity index (χ1) is 2.91. The Hall–Kier alpha value is 0.0597. The Bertz CT molecular complexity index is 55.9. The van der Waals surface area contributed by atoms with Gasteiger partial charge >= 0.3 is 40.0 Å². The normalized spacial score (nSPS) is 7.50. The average Bonchev–Trinajstić information content (AvgIpc) is 1.61. The molecular formula is CH3B4N. The van der Waals surface area contributed by atoms with Crippen LogP contribution in [-0.2, 0) is 0 Å². The van der Waals surface area contributed by atoms with Gasteiger partial charge in [0.25, 0.3) is 0 Å². The van der Waals surface area contributed by atoms with E-state index in [1.54, 1.807) is 20.7 Å². The quantitative estimate of drug-likeness (QED) is 0.346. The van der Waals surface area contributed by atoms with Gasteiger partial charge in [-0.25, -0.2) is 0 Å². The van der Waals surface area contributed by atoms with Crippen LogP contribution in [0.5, 0.6) is 0 Å². The summed E-state index contributed by atoms with van der Waals surface area (Å²) < 4.78 is 0. The number of hydrogen-bond acceptors (Lipinski definition) is 1. The van der Waals surface area contributed by atoms with E-state index in [9.17, 15) is 0 Å². The predicted octanol–water partition coefficient (Wildman–Crippen LogP) is -1.17. The minimum atomic E-state index is 1.44. The van der Waals surface area contributed by atoms with Crippen LogP contribution in [0.1, 0.15) is 0 Å².